The van der Waals surface area contributed by atoms with Crippen molar-refractivity contribution >= 4 is 22.7 Å². The van der Waals surface area contributed by atoms with E-state index in [1.54, 1.807) is 0 Å². The van der Waals surface area contributed by atoms with Gasteiger partial charge in [-0.2, -0.15) is 4.98 Å². The quantitative estimate of drug-likeness (QED) is 0.798. The van der Waals surface area contributed by atoms with Crippen molar-refractivity contribution in [2.75, 3.05) is 17.6 Å². The highest BCUT2D eigenvalue weighted by Crippen LogP contribution is 2.29. The van der Waals surface area contributed by atoms with Crippen LogP contribution in [0.3, 0.4) is 0 Å². The van der Waals surface area contributed by atoms with Crippen molar-refractivity contribution in [1.29, 1.82) is 0 Å². The number of rotatable bonds is 3. The number of nitrogen functional groups attached to an aromatic ring is 1. The third-order valence-electron chi connectivity index (χ3n) is 3.99. The monoisotopic (exact) mass is 272 g/mol. The van der Waals surface area contributed by atoms with E-state index >= 15 is 0 Å². The number of para-hydroxylation sites is 1. The highest BCUT2D eigenvalue weighted by Gasteiger charge is 2.29. The van der Waals surface area contributed by atoms with Crippen LogP contribution in [0.15, 0.2) is 24.3 Å². The number of hydrogen-bond acceptors (Lipinski definition) is 5. The number of nitrogens with one attached hydrogen (secondary N) is 1. The van der Waals surface area contributed by atoms with Crippen LogP contribution in [0.5, 0.6) is 0 Å². The maximum absolute atomic E-state index is 10.5. The number of benzene rings is 1. The van der Waals surface area contributed by atoms with Gasteiger partial charge in [-0.1, -0.05) is 31.4 Å². The summed E-state index contributed by atoms with van der Waals surface area (Å²) < 4.78 is 0. The predicted octanol–water partition coefficient (Wildman–Crippen LogP) is 2.32. The van der Waals surface area contributed by atoms with Gasteiger partial charge in [0.1, 0.15) is 5.82 Å². The number of nitrogens with two attached hydrogens (primary N) is 1. The van der Waals surface area contributed by atoms with E-state index in [1.807, 2.05) is 24.3 Å². The van der Waals surface area contributed by atoms with Crippen LogP contribution in [0, 0.1) is 0 Å². The normalized spacial score (nSPS) is 18.1. The number of nitrogens with zero attached hydrogens (tertiary/aromatic N) is 2. The maximum atomic E-state index is 10.5. The highest BCUT2D eigenvalue weighted by atomic mass is 16.3. The Kier molecular flexibility index (Phi) is 3.44. The fraction of sp³-hybridized carbons (Fsp3) is 0.467. The van der Waals surface area contributed by atoms with Crippen LogP contribution in [-0.4, -0.2) is 27.2 Å². The van der Waals surface area contributed by atoms with E-state index in [0.29, 0.717) is 12.4 Å². The number of aliphatic hydroxyl groups is 1. The van der Waals surface area contributed by atoms with Crippen molar-refractivity contribution in [3.8, 4) is 0 Å². The summed E-state index contributed by atoms with van der Waals surface area (Å²) in [7, 11) is 0. The standard InChI is InChI=1S/C15H20N4O/c16-14-18-12-7-3-2-6-11(12)13(19-14)17-10-15(20)8-4-1-5-9-15/h2-3,6-7,20H,1,4-5,8-10H2,(H3,16,17,18,19). The lowest BCUT2D eigenvalue weighted by molar-refractivity contribution is 0.0167. The van der Waals surface area contributed by atoms with Gasteiger partial charge < -0.3 is 16.2 Å². The lowest BCUT2D eigenvalue weighted by Gasteiger charge is -2.32. The minimum atomic E-state index is -0.626. The minimum Gasteiger partial charge on any atom is -0.388 e. The van der Waals surface area contributed by atoms with Crippen molar-refractivity contribution in [1.82, 2.24) is 9.97 Å². The van der Waals surface area contributed by atoms with Crippen LogP contribution in [0.2, 0.25) is 0 Å². The van der Waals surface area contributed by atoms with E-state index in [9.17, 15) is 5.11 Å². The van der Waals surface area contributed by atoms with Crippen LogP contribution in [0.4, 0.5) is 11.8 Å². The minimum absolute atomic E-state index is 0.252. The molecule has 0 radical (unpaired) electrons. The third-order valence-corrected chi connectivity index (χ3v) is 3.99. The largest absolute Gasteiger partial charge is 0.388 e. The molecule has 1 aromatic carbocycles. The first-order chi connectivity index (χ1) is 9.66. The van der Waals surface area contributed by atoms with Crippen molar-refractivity contribution in [2.45, 2.75) is 37.7 Å². The van der Waals surface area contributed by atoms with Crippen LogP contribution < -0.4 is 11.1 Å². The Labute approximate surface area is 118 Å². The second-order valence-corrected chi connectivity index (χ2v) is 5.59. The molecule has 5 heteroatoms. The molecule has 0 unspecified atom stereocenters. The molecule has 106 valence electrons. The van der Waals surface area contributed by atoms with Gasteiger partial charge in [0.2, 0.25) is 5.95 Å². The first-order valence-electron chi connectivity index (χ1n) is 7.15. The molecule has 0 saturated heterocycles. The van der Waals surface area contributed by atoms with Gasteiger partial charge in [0.15, 0.2) is 0 Å². The predicted molar refractivity (Wildman–Crippen MR) is 80.5 cm³/mol. The van der Waals surface area contributed by atoms with E-state index in [1.165, 1.54) is 6.42 Å². The lowest BCUT2D eigenvalue weighted by atomic mass is 9.85. The third kappa shape index (κ3) is 2.67. The van der Waals surface area contributed by atoms with Crippen LogP contribution >= 0.6 is 0 Å². The maximum Gasteiger partial charge on any atom is 0.222 e. The molecule has 1 aliphatic carbocycles. The first kappa shape index (κ1) is 13.1. The fourth-order valence-corrected chi connectivity index (χ4v) is 2.86. The van der Waals surface area contributed by atoms with E-state index in [2.05, 4.69) is 15.3 Å². The summed E-state index contributed by atoms with van der Waals surface area (Å²) in [5, 5.41) is 14.7. The molecule has 0 amide bonds. The van der Waals surface area contributed by atoms with Crippen molar-refractivity contribution < 1.29 is 5.11 Å². The molecule has 0 atom stereocenters. The Bertz CT molecular complexity index is 608. The molecular formula is C15H20N4O. The molecule has 1 heterocycles. The van der Waals surface area contributed by atoms with Gasteiger partial charge in [-0.15, -0.1) is 0 Å². The lowest BCUT2D eigenvalue weighted by Crippen LogP contribution is -2.39. The summed E-state index contributed by atoms with van der Waals surface area (Å²) in [4.78, 5) is 8.47. The number of aromatic nitrogens is 2. The number of hydrogen-bond donors (Lipinski definition) is 3. The Morgan fingerprint density at radius 2 is 1.90 bits per heavy atom. The van der Waals surface area contributed by atoms with E-state index in [0.717, 1.165) is 36.6 Å². The SMILES string of the molecule is Nc1nc(NCC2(O)CCCCC2)c2ccccc2n1. The van der Waals surface area contributed by atoms with Crippen LogP contribution in [0.1, 0.15) is 32.1 Å². The van der Waals surface area contributed by atoms with E-state index < -0.39 is 5.60 Å². The van der Waals surface area contributed by atoms with Gasteiger partial charge in [0, 0.05) is 11.9 Å². The molecule has 0 spiro atoms. The molecule has 5 nitrogen and oxygen atoms in total. The zero-order chi connectivity index (χ0) is 14.0. The molecule has 1 aromatic heterocycles. The Morgan fingerprint density at radius 3 is 2.70 bits per heavy atom. The molecule has 0 bridgehead atoms. The van der Waals surface area contributed by atoms with Gasteiger partial charge in [-0.25, -0.2) is 4.98 Å². The highest BCUT2D eigenvalue weighted by molar-refractivity contribution is 5.89. The zero-order valence-corrected chi connectivity index (χ0v) is 11.5. The topological polar surface area (TPSA) is 84.1 Å². The smallest absolute Gasteiger partial charge is 0.222 e. The average Bonchev–Trinajstić information content (AvgIpc) is 2.45. The molecule has 3 rings (SSSR count). The van der Waals surface area contributed by atoms with Gasteiger partial charge in [-0.05, 0) is 25.0 Å². The van der Waals surface area contributed by atoms with E-state index in [4.69, 9.17) is 5.73 Å². The Hall–Kier alpha value is -1.88. The van der Waals surface area contributed by atoms with Gasteiger partial charge in [0.25, 0.3) is 0 Å². The molecule has 0 aliphatic heterocycles. The second kappa shape index (κ2) is 5.25. The summed E-state index contributed by atoms with van der Waals surface area (Å²) in [5.41, 5.74) is 5.93. The summed E-state index contributed by atoms with van der Waals surface area (Å²) in [5.74, 6) is 0.953. The molecule has 1 aliphatic rings. The Balaban J connectivity index is 1.83. The van der Waals surface area contributed by atoms with Gasteiger partial charge in [-0.3, -0.25) is 0 Å². The molecule has 4 N–H and O–H groups in total. The summed E-state index contributed by atoms with van der Waals surface area (Å²) in [6.45, 7) is 0.507. The van der Waals surface area contributed by atoms with Crippen LogP contribution in [-0.2, 0) is 0 Å². The summed E-state index contributed by atoms with van der Waals surface area (Å²) in [6, 6.07) is 7.74. The molecule has 1 fully saturated rings. The summed E-state index contributed by atoms with van der Waals surface area (Å²) >= 11 is 0. The van der Waals surface area contributed by atoms with Gasteiger partial charge in [0.05, 0.1) is 11.1 Å². The second-order valence-electron chi connectivity index (χ2n) is 5.59. The van der Waals surface area contributed by atoms with Crippen LogP contribution in [0.25, 0.3) is 10.9 Å². The van der Waals surface area contributed by atoms with Crippen molar-refractivity contribution in [2.24, 2.45) is 0 Å². The number of fused-ring (bicyclic) bond motifs is 1. The van der Waals surface area contributed by atoms with E-state index in [-0.39, 0.29) is 5.95 Å². The number of anilines is 2. The average molecular weight is 272 g/mol. The molecule has 20 heavy (non-hydrogen) atoms. The molecular weight excluding hydrogens is 252 g/mol. The zero-order valence-electron chi connectivity index (χ0n) is 11.5. The first-order valence-corrected chi connectivity index (χ1v) is 7.15. The fourth-order valence-electron chi connectivity index (χ4n) is 2.86. The Morgan fingerprint density at radius 1 is 1.15 bits per heavy atom. The van der Waals surface area contributed by atoms with Crippen molar-refractivity contribution in [3.63, 3.8) is 0 Å². The van der Waals surface area contributed by atoms with Gasteiger partial charge >= 0.3 is 0 Å². The van der Waals surface area contributed by atoms with Crippen molar-refractivity contribution in [3.05, 3.63) is 24.3 Å². The molecule has 2 aromatic rings. The molecule has 1 saturated carbocycles. The summed E-state index contributed by atoms with van der Waals surface area (Å²) in [6.07, 6.45) is 5.08.